The summed E-state index contributed by atoms with van der Waals surface area (Å²) in [7, 11) is 1.68. The van der Waals surface area contributed by atoms with E-state index in [0.29, 0.717) is 37.1 Å². The van der Waals surface area contributed by atoms with Crippen LogP contribution in [0.15, 0.2) is 29.1 Å². The second-order valence-corrected chi connectivity index (χ2v) is 7.07. The summed E-state index contributed by atoms with van der Waals surface area (Å²) < 4.78 is 6.68. The Bertz CT molecular complexity index is 969. The van der Waals surface area contributed by atoms with Crippen LogP contribution in [0.25, 0.3) is 10.8 Å². The predicted molar refractivity (Wildman–Crippen MR) is 93.8 cm³/mol. The summed E-state index contributed by atoms with van der Waals surface area (Å²) in [6.45, 7) is 3.03. The summed E-state index contributed by atoms with van der Waals surface area (Å²) in [6, 6.07) is 7.24. The third kappa shape index (κ3) is 2.61. The minimum absolute atomic E-state index is 0.121. The standard InChI is InChI=1S/C18H20N4O4/c1-12-13-5-3-4-6-14(13)16(24)22(19-12)9-15(23)21-8-7-18(11-21)10-20(2)17(25)26-18/h3-6H,7-11H2,1-2H3/t18-/m1/s1. The van der Waals surface area contributed by atoms with E-state index in [1.54, 1.807) is 24.1 Å². The largest absolute Gasteiger partial charge is 0.439 e. The molecule has 0 unspecified atom stereocenters. The van der Waals surface area contributed by atoms with E-state index in [2.05, 4.69) is 5.10 Å². The Morgan fingerprint density at radius 3 is 2.65 bits per heavy atom. The highest BCUT2D eigenvalue weighted by Crippen LogP contribution is 2.31. The molecular formula is C18H20N4O4. The highest BCUT2D eigenvalue weighted by Gasteiger charge is 2.49. The average Bonchev–Trinajstić information content (AvgIpc) is 3.15. The van der Waals surface area contributed by atoms with Gasteiger partial charge in [-0.2, -0.15) is 5.10 Å². The fraction of sp³-hybridized carbons (Fsp3) is 0.444. The second kappa shape index (κ2) is 5.82. The Hall–Kier alpha value is -2.90. The minimum Gasteiger partial charge on any atom is -0.439 e. The van der Waals surface area contributed by atoms with Crippen LogP contribution in [0, 0.1) is 6.92 Å². The monoisotopic (exact) mass is 356 g/mol. The lowest BCUT2D eigenvalue weighted by Gasteiger charge is -2.22. The molecule has 8 heteroatoms. The molecule has 2 aromatic rings. The number of hydrogen-bond acceptors (Lipinski definition) is 5. The van der Waals surface area contributed by atoms with Crippen LogP contribution in [-0.4, -0.2) is 63.9 Å². The summed E-state index contributed by atoms with van der Waals surface area (Å²) in [4.78, 5) is 40.1. The molecule has 0 N–H and O–H groups in total. The molecule has 1 atom stereocenters. The van der Waals surface area contributed by atoms with Crippen molar-refractivity contribution in [2.45, 2.75) is 25.5 Å². The molecule has 0 radical (unpaired) electrons. The fourth-order valence-electron chi connectivity index (χ4n) is 3.80. The Kier molecular flexibility index (Phi) is 3.71. The number of aryl methyl sites for hydroxylation is 1. The molecule has 4 rings (SSSR count). The molecule has 2 saturated heterocycles. The third-order valence-corrected chi connectivity index (χ3v) is 5.15. The normalized spacial score (nSPS) is 22.5. The molecular weight excluding hydrogens is 336 g/mol. The summed E-state index contributed by atoms with van der Waals surface area (Å²) in [5, 5.41) is 5.63. The van der Waals surface area contributed by atoms with E-state index < -0.39 is 5.60 Å². The number of fused-ring (bicyclic) bond motifs is 1. The highest BCUT2D eigenvalue weighted by molar-refractivity contribution is 5.84. The van der Waals surface area contributed by atoms with Crippen LogP contribution >= 0.6 is 0 Å². The minimum atomic E-state index is -0.626. The fourth-order valence-corrected chi connectivity index (χ4v) is 3.80. The van der Waals surface area contributed by atoms with Crippen molar-refractivity contribution in [2.75, 3.05) is 26.7 Å². The third-order valence-electron chi connectivity index (χ3n) is 5.15. The number of hydrogen-bond donors (Lipinski definition) is 0. The number of nitrogens with zero attached hydrogens (tertiary/aromatic N) is 4. The van der Waals surface area contributed by atoms with Gasteiger partial charge in [-0.05, 0) is 13.0 Å². The van der Waals surface area contributed by atoms with Gasteiger partial charge in [0, 0.05) is 25.4 Å². The molecule has 0 aliphatic carbocycles. The van der Waals surface area contributed by atoms with E-state index in [9.17, 15) is 14.4 Å². The molecule has 3 heterocycles. The number of benzene rings is 1. The molecule has 2 aliphatic rings. The number of carbonyl (C=O) groups excluding carboxylic acids is 2. The Labute approximate surface area is 149 Å². The van der Waals surface area contributed by atoms with Gasteiger partial charge in [-0.15, -0.1) is 0 Å². The second-order valence-electron chi connectivity index (χ2n) is 7.07. The Morgan fingerprint density at radius 1 is 1.23 bits per heavy atom. The lowest BCUT2D eigenvalue weighted by Crippen LogP contribution is -2.41. The van der Waals surface area contributed by atoms with Crippen molar-refractivity contribution < 1.29 is 14.3 Å². The van der Waals surface area contributed by atoms with Crippen LogP contribution in [0.2, 0.25) is 0 Å². The van der Waals surface area contributed by atoms with E-state index in [-0.39, 0.29) is 24.1 Å². The lowest BCUT2D eigenvalue weighted by molar-refractivity contribution is -0.131. The first-order valence-electron chi connectivity index (χ1n) is 8.57. The average molecular weight is 356 g/mol. The van der Waals surface area contributed by atoms with Crippen LogP contribution in [-0.2, 0) is 16.1 Å². The number of rotatable bonds is 2. The Balaban J connectivity index is 1.55. The summed E-state index contributed by atoms with van der Waals surface area (Å²) in [5.74, 6) is -0.197. The van der Waals surface area contributed by atoms with E-state index in [4.69, 9.17) is 4.74 Å². The summed E-state index contributed by atoms with van der Waals surface area (Å²) in [6.07, 6.45) is 0.246. The first kappa shape index (κ1) is 16.6. The molecule has 2 aliphatic heterocycles. The van der Waals surface area contributed by atoms with Gasteiger partial charge >= 0.3 is 6.09 Å². The van der Waals surface area contributed by atoms with Crippen molar-refractivity contribution >= 4 is 22.8 Å². The number of likely N-dealkylation sites (tertiary alicyclic amines) is 1. The zero-order valence-corrected chi connectivity index (χ0v) is 14.8. The van der Waals surface area contributed by atoms with Crippen molar-refractivity contribution in [3.8, 4) is 0 Å². The quantitative estimate of drug-likeness (QED) is 0.793. The molecule has 1 aromatic carbocycles. The number of likely N-dealkylation sites (N-methyl/N-ethyl adjacent to an activating group) is 1. The van der Waals surface area contributed by atoms with Crippen molar-refractivity contribution in [3.63, 3.8) is 0 Å². The first-order chi connectivity index (χ1) is 12.4. The van der Waals surface area contributed by atoms with Crippen LogP contribution in [0.1, 0.15) is 12.1 Å². The van der Waals surface area contributed by atoms with E-state index in [0.717, 1.165) is 5.39 Å². The molecule has 0 bridgehead atoms. The number of carbonyl (C=O) groups is 2. The van der Waals surface area contributed by atoms with E-state index >= 15 is 0 Å². The van der Waals surface area contributed by atoms with Gasteiger partial charge in [0.25, 0.3) is 5.56 Å². The van der Waals surface area contributed by atoms with Crippen LogP contribution in [0.4, 0.5) is 4.79 Å². The molecule has 8 nitrogen and oxygen atoms in total. The molecule has 0 saturated carbocycles. The van der Waals surface area contributed by atoms with Crippen molar-refractivity contribution in [1.82, 2.24) is 19.6 Å². The summed E-state index contributed by atoms with van der Waals surface area (Å²) >= 11 is 0. The van der Waals surface area contributed by atoms with Crippen LogP contribution in [0.3, 0.4) is 0 Å². The lowest BCUT2D eigenvalue weighted by atomic mass is 10.0. The smallest absolute Gasteiger partial charge is 0.410 e. The highest BCUT2D eigenvalue weighted by atomic mass is 16.6. The SMILES string of the molecule is Cc1nn(CC(=O)N2CC[C@@]3(CN(C)C(=O)O3)C2)c(=O)c2ccccc12. The first-order valence-corrected chi connectivity index (χ1v) is 8.57. The van der Waals surface area contributed by atoms with Gasteiger partial charge < -0.3 is 14.5 Å². The zero-order chi connectivity index (χ0) is 18.5. The molecule has 26 heavy (non-hydrogen) atoms. The number of ether oxygens (including phenoxy) is 1. The van der Waals surface area contributed by atoms with Crippen LogP contribution in [0.5, 0.6) is 0 Å². The molecule has 2 fully saturated rings. The maximum atomic E-state index is 12.7. The van der Waals surface area contributed by atoms with Gasteiger partial charge in [0.05, 0.1) is 24.2 Å². The number of amides is 2. The van der Waals surface area contributed by atoms with Crippen molar-refractivity contribution in [3.05, 3.63) is 40.3 Å². The van der Waals surface area contributed by atoms with Crippen molar-refractivity contribution in [2.24, 2.45) is 0 Å². The topological polar surface area (TPSA) is 84.7 Å². The van der Waals surface area contributed by atoms with E-state index in [1.807, 2.05) is 19.1 Å². The zero-order valence-electron chi connectivity index (χ0n) is 14.8. The molecule has 136 valence electrons. The van der Waals surface area contributed by atoms with Gasteiger partial charge in [0.1, 0.15) is 6.54 Å². The van der Waals surface area contributed by atoms with Gasteiger partial charge in [-0.3, -0.25) is 9.59 Å². The van der Waals surface area contributed by atoms with Gasteiger partial charge in [0.2, 0.25) is 5.91 Å². The molecule has 1 aromatic heterocycles. The van der Waals surface area contributed by atoms with Crippen LogP contribution < -0.4 is 5.56 Å². The predicted octanol–water partition coefficient (Wildman–Crippen LogP) is 0.758. The molecule has 1 spiro atoms. The summed E-state index contributed by atoms with van der Waals surface area (Å²) in [5.41, 5.74) is -0.197. The van der Waals surface area contributed by atoms with Gasteiger partial charge in [-0.1, -0.05) is 18.2 Å². The van der Waals surface area contributed by atoms with E-state index in [1.165, 1.54) is 9.58 Å². The maximum absolute atomic E-state index is 12.7. The number of aromatic nitrogens is 2. The van der Waals surface area contributed by atoms with Gasteiger partial charge in [-0.25, -0.2) is 9.48 Å². The molecule has 2 amide bonds. The van der Waals surface area contributed by atoms with Gasteiger partial charge in [0.15, 0.2) is 5.60 Å². The Morgan fingerprint density at radius 2 is 1.96 bits per heavy atom. The maximum Gasteiger partial charge on any atom is 0.410 e. The van der Waals surface area contributed by atoms with Crippen molar-refractivity contribution in [1.29, 1.82) is 0 Å².